The lowest BCUT2D eigenvalue weighted by molar-refractivity contribution is -0.385. The monoisotopic (exact) mass is 483 g/mol. The summed E-state index contributed by atoms with van der Waals surface area (Å²) in [5.41, 5.74) is -0.265. The third-order valence-corrected chi connectivity index (χ3v) is 5.16. The van der Waals surface area contributed by atoms with Crippen LogP contribution in [0.2, 0.25) is 0 Å². The minimum absolute atomic E-state index is 0. The molecule has 11 heteroatoms. The fourth-order valence-electron chi connectivity index (χ4n) is 2.11. The smallest absolute Gasteiger partial charge is 0.270 e. The first-order valence-corrected chi connectivity index (χ1v) is 9.03. The van der Waals surface area contributed by atoms with Crippen LogP contribution in [0.5, 0.6) is 0 Å². The lowest BCUT2D eigenvalue weighted by Gasteiger charge is -2.12. The van der Waals surface area contributed by atoms with Crippen molar-refractivity contribution in [2.75, 3.05) is 20.1 Å². The number of halogens is 1. The normalized spacial score (nSPS) is 19.7. The first-order valence-electron chi connectivity index (χ1n) is 7.55. The van der Waals surface area contributed by atoms with Crippen LogP contribution in [0.3, 0.4) is 0 Å². The van der Waals surface area contributed by atoms with E-state index in [2.05, 4.69) is 27.3 Å². The molecule has 1 aliphatic rings. The molecule has 1 aliphatic carbocycles. The summed E-state index contributed by atoms with van der Waals surface area (Å²) in [5.74, 6) is 1.25. The summed E-state index contributed by atoms with van der Waals surface area (Å²) in [6, 6.07) is 5.35. The molecule has 0 radical (unpaired) electrons. The van der Waals surface area contributed by atoms with E-state index in [9.17, 15) is 18.5 Å². The topological polar surface area (TPSA) is 126 Å². The van der Waals surface area contributed by atoms with Gasteiger partial charge in [-0.15, -0.1) is 24.0 Å². The quantitative estimate of drug-likeness (QED) is 0.133. The highest BCUT2D eigenvalue weighted by Gasteiger charge is 2.33. The number of rotatable bonds is 7. The molecule has 2 unspecified atom stereocenters. The van der Waals surface area contributed by atoms with Gasteiger partial charge in [-0.3, -0.25) is 15.1 Å². The zero-order chi connectivity index (χ0) is 17.7. The van der Waals surface area contributed by atoms with Gasteiger partial charge in [-0.25, -0.2) is 13.1 Å². The molecule has 3 N–H and O–H groups in total. The van der Waals surface area contributed by atoms with E-state index >= 15 is 0 Å². The van der Waals surface area contributed by atoms with Crippen molar-refractivity contribution in [3.8, 4) is 0 Å². The van der Waals surface area contributed by atoms with E-state index in [-0.39, 0.29) is 41.1 Å². The molecular weight excluding hydrogens is 461 g/mol. The Balaban J connectivity index is 0.00000312. The maximum atomic E-state index is 12.1. The molecule has 0 amide bonds. The van der Waals surface area contributed by atoms with Gasteiger partial charge in [-0.2, -0.15) is 0 Å². The standard InChI is InChI=1S/C14H21N5O4S.HI/c1-10-8-13(10)18-14(15-2)16-6-7-17-24(22,23)12-5-3-4-11(9-12)19(20)21;/h3-5,9-10,13,17H,6-8H2,1-2H3,(H2,15,16,18);1H. The number of benzene rings is 1. The van der Waals surface area contributed by atoms with Gasteiger partial charge in [0.2, 0.25) is 10.0 Å². The van der Waals surface area contributed by atoms with Crippen molar-refractivity contribution in [3.63, 3.8) is 0 Å². The van der Waals surface area contributed by atoms with Crippen LogP contribution < -0.4 is 15.4 Å². The number of guanidine groups is 1. The van der Waals surface area contributed by atoms with Gasteiger partial charge in [0.05, 0.1) is 9.82 Å². The SMILES string of the molecule is CN=C(NCCNS(=O)(=O)c1cccc([N+](=O)[O-])c1)NC1CC1C.I. The molecule has 1 fully saturated rings. The van der Waals surface area contributed by atoms with Crippen LogP contribution in [0.15, 0.2) is 34.2 Å². The second-order valence-electron chi connectivity index (χ2n) is 5.62. The predicted molar refractivity (Wildman–Crippen MR) is 106 cm³/mol. The lowest BCUT2D eigenvalue weighted by atomic mass is 10.3. The third-order valence-electron chi connectivity index (χ3n) is 3.70. The summed E-state index contributed by atoms with van der Waals surface area (Å²) in [4.78, 5) is 14.0. The minimum Gasteiger partial charge on any atom is -0.355 e. The molecule has 1 aromatic rings. The van der Waals surface area contributed by atoms with Crippen molar-refractivity contribution in [2.45, 2.75) is 24.3 Å². The highest BCUT2D eigenvalue weighted by molar-refractivity contribution is 14.0. The summed E-state index contributed by atoms with van der Waals surface area (Å²) in [6.07, 6.45) is 1.10. The summed E-state index contributed by atoms with van der Waals surface area (Å²) in [7, 11) is -2.15. The number of nitro benzene ring substituents is 1. The number of hydrogen-bond acceptors (Lipinski definition) is 5. The number of hydrogen-bond donors (Lipinski definition) is 3. The van der Waals surface area contributed by atoms with E-state index in [4.69, 9.17) is 0 Å². The average molecular weight is 483 g/mol. The Labute approximate surface area is 163 Å². The van der Waals surface area contributed by atoms with Crippen molar-refractivity contribution < 1.29 is 13.3 Å². The van der Waals surface area contributed by atoms with Crippen LogP contribution in [0.1, 0.15) is 13.3 Å². The molecule has 140 valence electrons. The van der Waals surface area contributed by atoms with Crippen LogP contribution in [0, 0.1) is 16.0 Å². The number of aliphatic imine (C=N–C) groups is 1. The fraction of sp³-hybridized carbons (Fsp3) is 0.500. The molecule has 0 aliphatic heterocycles. The number of sulfonamides is 1. The van der Waals surface area contributed by atoms with Crippen molar-refractivity contribution in [2.24, 2.45) is 10.9 Å². The Morgan fingerprint density at radius 3 is 2.64 bits per heavy atom. The van der Waals surface area contributed by atoms with Crippen LogP contribution in [0.25, 0.3) is 0 Å². The summed E-state index contributed by atoms with van der Waals surface area (Å²) in [5, 5.41) is 17.0. The van der Waals surface area contributed by atoms with E-state index in [0.717, 1.165) is 12.5 Å². The van der Waals surface area contributed by atoms with Crippen molar-refractivity contribution in [1.82, 2.24) is 15.4 Å². The Morgan fingerprint density at radius 1 is 1.40 bits per heavy atom. The summed E-state index contributed by atoms with van der Waals surface area (Å²) in [6.45, 7) is 2.61. The molecule has 0 aromatic heterocycles. The molecule has 1 saturated carbocycles. The number of nitrogens with one attached hydrogen (secondary N) is 3. The minimum atomic E-state index is -3.80. The first kappa shape index (κ1) is 21.6. The fourth-order valence-corrected chi connectivity index (χ4v) is 3.18. The zero-order valence-electron chi connectivity index (χ0n) is 13.9. The third kappa shape index (κ3) is 6.40. The highest BCUT2D eigenvalue weighted by Crippen LogP contribution is 2.28. The Morgan fingerprint density at radius 2 is 2.08 bits per heavy atom. The van der Waals surface area contributed by atoms with E-state index in [1.54, 1.807) is 7.05 Å². The first-order chi connectivity index (χ1) is 11.3. The van der Waals surface area contributed by atoms with E-state index < -0.39 is 14.9 Å². The average Bonchev–Trinajstić information content (AvgIpc) is 3.25. The van der Waals surface area contributed by atoms with Gasteiger partial charge in [-0.1, -0.05) is 13.0 Å². The maximum Gasteiger partial charge on any atom is 0.270 e. The predicted octanol–water partition coefficient (Wildman–Crippen LogP) is 1.06. The van der Waals surface area contributed by atoms with Gasteiger partial charge in [0.25, 0.3) is 5.69 Å². The van der Waals surface area contributed by atoms with Gasteiger partial charge in [0.15, 0.2) is 5.96 Å². The molecule has 0 saturated heterocycles. The molecule has 9 nitrogen and oxygen atoms in total. The van der Waals surface area contributed by atoms with Crippen molar-refractivity contribution in [1.29, 1.82) is 0 Å². The number of non-ortho nitro benzene ring substituents is 1. The van der Waals surface area contributed by atoms with E-state index in [0.29, 0.717) is 24.5 Å². The second kappa shape index (κ2) is 9.29. The summed E-state index contributed by atoms with van der Waals surface area (Å²) < 4.78 is 26.7. The molecule has 0 bridgehead atoms. The molecule has 0 spiro atoms. The van der Waals surface area contributed by atoms with Gasteiger partial charge in [0.1, 0.15) is 0 Å². The van der Waals surface area contributed by atoms with Gasteiger partial charge in [0, 0.05) is 38.3 Å². The van der Waals surface area contributed by atoms with Crippen molar-refractivity contribution >= 4 is 45.6 Å². The van der Waals surface area contributed by atoms with Gasteiger partial charge < -0.3 is 10.6 Å². The van der Waals surface area contributed by atoms with Gasteiger partial charge in [-0.05, 0) is 18.4 Å². The Hall–Kier alpha value is -1.47. The molecule has 25 heavy (non-hydrogen) atoms. The van der Waals surface area contributed by atoms with Crippen LogP contribution >= 0.6 is 24.0 Å². The van der Waals surface area contributed by atoms with Gasteiger partial charge >= 0.3 is 0 Å². The molecular formula is C14H22IN5O4S. The van der Waals surface area contributed by atoms with Crippen LogP contribution in [-0.4, -0.2) is 45.5 Å². The lowest BCUT2D eigenvalue weighted by Crippen LogP contribution is -2.42. The molecule has 2 atom stereocenters. The number of nitrogens with zero attached hydrogens (tertiary/aromatic N) is 2. The molecule has 2 rings (SSSR count). The van der Waals surface area contributed by atoms with Crippen molar-refractivity contribution in [3.05, 3.63) is 34.4 Å². The highest BCUT2D eigenvalue weighted by atomic mass is 127. The Kier molecular flexibility index (Phi) is 8.02. The molecule has 1 aromatic carbocycles. The summed E-state index contributed by atoms with van der Waals surface area (Å²) >= 11 is 0. The second-order valence-corrected chi connectivity index (χ2v) is 7.38. The largest absolute Gasteiger partial charge is 0.355 e. The van der Waals surface area contributed by atoms with E-state index in [1.165, 1.54) is 18.2 Å². The zero-order valence-corrected chi connectivity index (χ0v) is 17.1. The van der Waals surface area contributed by atoms with Crippen LogP contribution in [-0.2, 0) is 10.0 Å². The van der Waals surface area contributed by atoms with Crippen LogP contribution in [0.4, 0.5) is 5.69 Å². The maximum absolute atomic E-state index is 12.1. The Bertz CT molecular complexity index is 740. The molecule has 0 heterocycles. The number of nitro groups is 1. The van der Waals surface area contributed by atoms with E-state index in [1.807, 2.05) is 0 Å².